The molecule has 1 unspecified atom stereocenters. The van der Waals surface area contributed by atoms with Crippen LogP contribution in [0.15, 0.2) is 30.6 Å². The lowest BCUT2D eigenvalue weighted by Crippen LogP contribution is -2.10. The predicted molar refractivity (Wildman–Crippen MR) is 74.7 cm³/mol. The lowest BCUT2D eigenvalue weighted by Gasteiger charge is -2.15. The SMILES string of the molecule is CC(Nc1cc(N)nc(C2CC2)n1)c1cccnc1. The van der Waals surface area contributed by atoms with Crippen molar-refractivity contribution < 1.29 is 0 Å². The summed E-state index contributed by atoms with van der Waals surface area (Å²) in [7, 11) is 0. The van der Waals surface area contributed by atoms with Crippen molar-refractivity contribution in [3.8, 4) is 0 Å². The van der Waals surface area contributed by atoms with Crippen molar-refractivity contribution >= 4 is 11.6 Å². The van der Waals surface area contributed by atoms with Crippen LogP contribution in [0.2, 0.25) is 0 Å². The number of nitrogens with one attached hydrogen (secondary N) is 1. The van der Waals surface area contributed by atoms with Gasteiger partial charge in [-0.05, 0) is 31.4 Å². The van der Waals surface area contributed by atoms with Crippen LogP contribution in [0.1, 0.15) is 43.1 Å². The van der Waals surface area contributed by atoms with Crippen molar-refractivity contribution in [1.82, 2.24) is 15.0 Å². The van der Waals surface area contributed by atoms with Crippen LogP contribution in [0, 0.1) is 0 Å². The number of hydrogen-bond donors (Lipinski definition) is 2. The van der Waals surface area contributed by atoms with Gasteiger partial charge in [-0.2, -0.15) is 0 Å². The van der Waals surface area contributed by atoms with Gasteiger partial charge < -0.3 is 11.1 Å². The van der Waals surface area contributed by atoms with Gasteiger partial charge in [0.1, 0.15) is 17.5 Å². The van der Waals surface area contributed by atoms with E-state index in [4.69, 9.17) is 5.73 Å². The van der Waals surface area contributed by atoms with Crippen molar-refractivity contribution in [2.24, 2.45) is 0 Å². The highest BCUT2D eigenvalue weighted by molar-refractivity contribution is 5.46. The number of nitrogens with two attached hydrogens (primary N) is 1. The summed E-state index contributed by atoms with van der Waals surface area (Å²) in [5.74, 6) is 2.67. The number of rotatable bonds is 4. The van der Waals surface area contributed by atoms with Crippen molar-refractivity contribution in [1.29, 1.82) is 0 Å². The topological polar surface area (TPSA) is 76.7 Å². The second-order valence-corrected chi connectivity index (χ2v) is 4.96. The summed E-state index contributed by atoms with van der Waals surface area (Å²) in [5, 5.41) is 3.35. The van der Waals surface area contributed by atoms with Crippen LogP contribution in [0.5, 0.6) is 0 Å². The first-order chi connectivity index (χ1) is 9.22. The van der Waals surface area contributed by atoms with Crippen molar-refractivity contribution in [2.45, 2.75) is 31.7 Å². The molecule has 19 heavy (non-hydrogen) atoms. The Bertz CT molecular complexity index is 565. The molecule has 0 spiro atoms. The molecular weight excluding hydrogens is 238 g/mol. The molecular formula is C14H17N5. The second-order valence-electron chi connectivity index (χ2n) is 4.96. The number of aromatic nitrogens is 3. The van der Waals surface area contributed by atoms with Crippen LogP contribution in [-0.2, 0) is 0 Å². The van der Waals surface area contributed by atoms with Gasteiger partial charge in [0.15, 0.2) is 0 Å². The molecule has 1 saturated carbocycles. The molecule has 2 aromatic heterocycles. The molecule has 3 rings (SSSR count). The third-order valence-corrected chi connectivity index (χ3v) is 3.25. The highest BCUT2D eigenvalue weighted by Gasteiger charge is 2.27. The van der Waals surface area contributed by atoms with Gasteiger partial charge in [0.2, 0.25) is 0 Å². The first kappa shape index (κ1) is 11.9. The molecule has 0 amide bonds. The van der Waals surface area contributed by atoms with Crippen LogP contribution in [0.25, 0.3) is 0 Å². The Hall–Kier alpha value is -2.17. The van der Waals surface area contributed by atoms with Gasteiger partial charge in [-0.15, -0.1) is 0 Å². The first-order valence-corrected chi connectivity index (χ1v) is 6.53. The fraction of sp³-hybridized carbons (Fsp3) is 0.357. The molecule has 2 aromatic rings. The fourth-order valence-electron chi connectivity index (χ4n) is 2.02. The Kier molecular flexibility index (Phi) is 3.03. The van der Waals surface area contributed by atoms with Gasteiger partial charge in [0, 0.05) is 24.4 Å². The third kappa shape index (κ3) is 2.81. The molecule has 5 nitrogen and oxygen atoms in total. The highest BCUT2D eigenvalue weighted by Crippen LogP contribution is 2.38. The predicted octanol–water partition coefficient (Wildman–Crippen LogP) is 2.50. The Morgan fingerprint density at radius 1 is 1.37 bits per heavy atom. The van der Waals surface area contributed by atoms with E-state index in [0.717, 1.165) is 17.2 Å². The molecule has 3 N–H and O–H groups in total. The summed E-state index contributed by atoms with van der Waals surface area (Å²) in [6.07, 6.45) is 5.95. The van der Waals surface area contributed by atoms with E-state index in [9.17, 15) is 0 Å². The molecule has 0 saturated heterocycles. The smallest absolute Gasteiger partial charge is 0.136 e. The zero-order chi connectivity index (χ0) is 13.2. The van der Waals surface area contributed by atoms with Gasteiger partial charge in [-0.3, -0.25) is 4.98 Å². The molecule has 0 bridgehead atoms. The zero-order valence-corrected chi connectivity index (χ0v) is 10.9. The molecule has 1 fully saturated rings. The first-order valence-electron chi connectivity index (χ1n) is 6.53. The number of nitrogens with zero attached hydrogens (tertiary/aromatic N) is 3. The summed E-state index contributed by atoms with van der Waals surface area (Å²) in [6.45, 7) is 2.08. The normalized spacial score (nSPS) is 16.1. The summed E-state index contributed by atoms with van der Waals surface area (Å²) < 4.78 is 0. The van der Waals surface area contributed by atoms with E-state index in [1.807, 2.05) is 18.3 Å². The number of nitrogen functional groups attached to an aromatic ring is 1. The Labute approximate surface area is 112 Å². The highest BCUT2D eigenvalue weighted by atomic mass is 15.1. The van der Waals surface area contributed by atoms with Crippen LogP contribution in [0.3, 0.4) is 0 Å². The third-order valence-electron chi connectivity index (χ3n) is 3.25. The minimum atomic E-state index is 0.134. The lowest BCUT2D eigenvalue weighted by molar-refractivity contribution is 0.850. The zero-order valence-electron chi connectivity index (χ0n) is 10.9. The van der Waals surface area contributed by atoms with E-state index in [2.05, 4.69) is 27.2 Å². The maximum atomic E-state index is 5.84. The van der Waals surface area contributed by atoms with Crippen molar-refractivity contribution in [2.75, 3.05) is 11.1 Å². The van der Waals surface area contributed by atoms with E-state index in [0.29, 0.717) is 11.7 Å². The number of hydrogen-bond acceptors (Lipinski definition) is 5. The monoisotopic (exact) mass is 255 g/mol. The molecule has 0 aliphatic heterocycles. The maximum Gasteiger partial charge on any atom is 0.136 e. The van der Waals surface area contributed by atoms with Gasteiger partial charge in [0.05, 0.1) is 6.04 Å². The van der Waals surface area contributed by atoms with E-state index in [1.165, 1.54) is 12.8 Å². The van der Waals surface area contributed by atoms with Gasteiger partial charge in [-0.1, -0.05) is 6.07 Å². The molecule has 98 valence electrons. The minimum absolute atomic E-state index is 0.134. The van der Waals surface area contributed by atoms with Crippen LogP contribution >= 0.6 is 0 Å². The summed E-state index contributed by atoms with van der Waals surface area (Å²) in [4.78, 5) is 13.0. The van der Waals surface area contributed by atoms with E-state index in [-0.39, 0.29) is 6.04 Å². The van der Waals surface area contributed by atoms with Crippen LogP contribution in [-0.4, -0.2) is 15.0 Å². The van der Waals surface area contributed by atoms with Crippen LogP contribution < -0.4 is 11.1 Å². The molecule has 1 atom stereocenters. The summed E-state index contributed by atoms with van der Waals surface area (Å²) in [5.41, 5.74) is 6.95. The van der Waals surface area contributed by atoms with E-state index < -0.39 is 0 Å². The summed E-state index contributed by atoms with van der Waals surface area (Å²) >= 11 is 0. The summed E-state index contributed by atoms with van der Waals surface area (Å²) in [6, 6.07) is 5.88. The van der Waals surface area contributed by atoms with Gasteiger partial charge in [-0.25, -0.2) is 9.97 Å². The van der Waals surface area contributed by atoms with E-state index in [1.54, 1.807) is 12.3 Å². The molecule has 2 heterocycles. The van der Waals surface area contributed by atoms with Gasteiger partial charge in [0.25, 0.3) is 0 Å². The van der Waals surface area contributed by atoms with Gasteiger partial charge >= 0.3 is 0 Å². The maximum absolute atomic E-state index is 5.84. The van der Waals surface area contributed by atoms with Crippen LogP contribution in [0.4, 0.5) is 11.6 Å². The molecule has 1 aliphatic rings. The van der Waals surface area contributed by atoms with E-state index >= 15 is 0 Å². The van der Waals surface area contributed by atoms with Crippen molar-refractivity contribution in [3.05, 3.63) is 42.0 Å². The molecule has 5 heteroatoms. The molecule has 1 aliphatic carbocycles. The largest absolute Gasteiger partial charge is 0.384 e. The Morgan fingerprint density at radius 2 is 2.21 bits per heavy atom. The minimum Gasteiger partial charge on any atom is -0.384 e. The molecule has 0 radical (unpaired) electrons. The average molecular weight is 255 g/mol. The Morgan fingerprint density at radius 3 is 2.89 bits per heavy atom. The quantitative estimate of drug-likeness (QED) is 0.877. The number of anilines is 2. The van der Waals surface area contributed by atoms with Crippen molar-refractivity contribution in [3.63, 3.8) is 0 Å². The number of pyridine rings is 1. The fourth-order valence-corrected chi connectivity index (χ4v) is 2.02. The average Bonchev–Trinajstić information content (AvgIpc) is 3.23. The lowest BCUT2D eigenvalue weighted by atomic mass is 10.1. The Balaban J connectivity index is 1.79. The standard InChI is InChI=1S/C14H17N5/c1-9(11-3-2-6-16-8-11)17-13-7-12(15)18-14(19-13)10-4-5-10/h2-3,6-10H,4-5H2,1H3,(H3,15,17,18,19). The molecule has 0 aromatic carbocycles. The second kappa shape index (κ2) is 4.84.